The van der Waals surface area contributed by atoms with Gasteiger partial charge in [0.05, 0.1) is 5.75 Å². The summed E-state index contributed by atoms with van der Waals surface area (Å²) in [7, 11) is 0. The van der Waals surface area contributed by atoms with Gasteiger partial charge in [0.15, 0.2) is 5.82 Å². The predicted molar refractivity (Wildman–Crippen MR) is 98.3 cm³/mol. The number of nitrogens with two attached hydrogens (primary N) is 1. The standard InChI is InChI=1S/C18H17F2N5OS/c19-14-7-5-12(6-8-14)9-16-23-24-18(25(16)21)27-11-17(26)22-10-13-3-1-2-4-15(13)20/h1-8H,9-11,21H2,(H,22,26). The lowest BCUT2D eigenvalue weighted by Gasteiger charge is -2.06. The van der Waals surface area contributed by atoms with Crippen LogP contribution < -0.4 is 11.2 Å². The van der Waals surface area contributed by atoms with Crippen LogP contribution in [0.15, 0.2) is 53.7 Å². The summed E-state index contributed by atoms with van der Waals surface area (Å²) in [6.07, 6.45) is 0.393. The minimum atomic E-state index is -0.363. The number of thioether (sulfide) groups is 1. The fraction of sp³-hybridized carbons (Fsp3) is 0.167. The summed E-state index contributed by atoms with van der Waals surface area (Å²) < 4.78 is 27.8. The van der Waals surface area contributed by atoms with Crippen molar-refractivity contribution < 1.29 is 13.6 Å². The average Bonchev–Trinajstić information content (AvgIpc) is 3.01. The lowest BCUT2D eigenvalue weighted by atomic mass is 10.1. The van der Waals surface area contributed by atoms with E-state index >= 15 is 0 Å². The molecule has 0 saturated carbocycles. The zero-order chi connectivity index (χ0) is 19.2. The number of aromatic nitrogens is 3. The Bertz CT molecular complexity index is 930. The summed E-state index contributed by atoms with van der Waals surface area (Å²) in [5.74, 6) is 5.58. The molecule has 0 aliphatic heterocycles. The zero-order valence-electron chi connectivity index (χ0n) is 14.2. The molecule has 0 bridgehead atoms. The first-order chi connectivity index (χ1) is 13.0. The second kappa shape index (κ2) is 8.63. The van der Waals surface area contributed by atoms with Crippen LogP contribution in [0.3, 0.4) is 0 Å². The van der Waals surface area contributed by atoms with Gasteiger partial charge in [-0.1, -0.05) is 42.1 Å². The van der Waals surface area contributed by atoms with Crippen molar-refractivity contribution in [3.63, 3.8) is 0 Å². The molecule has 1 aromatic heterocycles. The lowest BCUT2D eigenvalue weighted by Crippen LogP contribution is -2.25. The summed E-state index contributed by atoms with van der Waals surface area (Å²) >= 11 is 1.13. The highest BCUT2D eigenvalue weighted by atomic mass is 32.2. The van der Waals surface area contributed by atoms with Gasteiger partial charge in [0, 0.05) is 18.5 Å². The molecule has 3 rings (SSSR count). The molecule has 6 nitrogen and oxygen atoms in total. The first kappa shape index (κ1) is 18.8. The van der Waals surface area contributed by atoms with Gasteiger partial charge in [0.25, 0.3) is 0 Å². The number of benzene rings is 2. The van der Waals surface area contributed by atoms with Crippen molar-refractivity contribution in [2.75, 3.05) is 11.6 Å². The van der Waals surface area contributed by atoms with Crippen LogP contribution in [0.25, 0.3) is 0 Å². The number of amides is 1. The van der Waals surface area contributed by atoms with Gasteiger partial charge < -0.3 is 11.2 Å². The van der Waals surface area contributed by atoms with Crippen molar-refractivity contribution in [3.8, 4) is 0 Å². The number of carbonyl (C=O) groups is 1. The van der Waals surface area contributed by atoms with Gasteiger partial charge in [-0.15, -0.1) is 10.2 Å². The number of hydrogen-bond donors (Lipinski definition) is 2. The van der Waals surface area contributed by atoms with E-state index in [1.54, 1.807) is 30.3 Å². The molecule has 0 unspecified atom stereocenters. The Morgan fingerprint density at radius 1 is 1.11 bits per heavy atom. The van der Waals surface area contributed by atoms with Crippen LogP contribution in [0.5, 0.6) is 0 Å². The molecule has 0 saturated heterocycles. The largest absolute Gasteiger partial charge is 0.351 e. The summed E-state index contributed by atoms with van der Waals surface area (Å²) in [6, 6.07) is 12.3. The van der Waals surface area contributed by atoms with Crippen molar-refractivity contribution >= 4 is 17.7 Å². The number of nitrogen functional groups attached to an aromatic ring is 1. The van der Waals surface area contributed by atoms with Crippen LogP contribution in [0, 0.1) is 11.6 Å². The SMILES string of the molecule is Nn1c(Cc2ccc(F)cc2)nnc1SCC(=O)NCc1ccccc1F. The van der Waals surface area contributed by atoms with Crippen LogP contribution in [0.2, 0.25) is 0 Å². The first-order valence-corrected chi connectivity index (χ1v) is 9.08. The first-order valence-electron chi connectivity index (χ1n) is 8.09. The molecule has 3 N–H and O–H groups in total. The quantitative estimate of drug-likeness (QED) is 0.478. The van der Waals surface area contributed by atoms with Crippen molar-refractivity contribution in [1.29, 1.82) is 0 Å². The Labute approximate surface area is 158 Å². The van der Waals surface area contributed by atoms with E-state index in [9.17, 15) is 13.6 Å². The van der Waals surface area contributed by atoms with Crippen LogP contribution >= 0.6 is 11.8 Å². The number of halogens is 2. The minimum Gasteiger partial charge on any atom is -0.351 e. The van der Waals surface area contributed by atoms with Crippen LogP contribution in [0.4, 0.5) is 8.78 Å². The third kappa shape index (κ3) is 5.04. The van der Waals surface area contributed by atoms with E-state index < -0.39 is 0 Å². The summed E-state index contributed by atoms with van der Waals surface area (Å²) in [6.45, 7) is 0.108. The molecule has 2 aromatic carbocycles. The van der Waals surface area contributed by atoms with Gasteiger partial charge >= 0.3 is 0 Å². The van der Waals surface area contributed by atoms with Gasteiger partial charge in [-0.25, -0.2) is 13.5 Å². The molecule has 0 radical (unpaired) electrons. The molecule has 0 aliphatic carbocycles. The molecule has 9 heteroatoms. The summed E-state index contributed by atoms with van der Waals surface area (Å²) in [4.78, 5) is 12.0. The molecule has 0 spiro atoms. The molecule has 0 atom stereocenters. The van der Waals surface area contributed by atoms with Crippen molar-refractivity contribution in [2.45, 2.75) is 18.1 Å². The Kier molecular flexibility index (Phi) is 6.02. The van der Waals surface area contributed by atoms with Crippen molar-refractivity contribution in [3.05, 3.63) is 77.1 Å². The summed E-state index contributed by atoms with van der Waals surface area (Å²) in [5, 5.41) is 11.0. The molecule has 3 aromatic rings. The maximum atomic E-state index is 13.5. The Morgan fingerprint density at radius 2 is 1.85 bits per heavy atom. The number of carbonyl (C=O) groups excluding carboxylic acids is 1. The van der Waals surface area contributed by atoms with E-state index in [2.05, 4.69) is 15.5 Å². The van der Waals surface area contributed by atoms with Gasteiger partial charge in [-0.3, -0.25) is 4.79 Å². The topological polar surface area (TPSA) is 85.8 Å². The molecule has 1 heterocycles. The molecular weight excluding hydrogens is 372 g/mol. The fourth-order valence-electron chi connectivity index (χ4n) is 2.33. The molecule has 0 aliphatic rings. The predicted octanol–water partition coefficient (Wildman–Crippen LogP) is 2.27. The summed E-state index contributed by atoms with van der Waals surface area (Å²) in [5.41, 5.74) is 1.26. The second-order valence-electron chi connectivity index (χ2n) is 5.73. The molecule has 27 heavy (non-hydrogen) atoms. The van der Waals surface area contributed by atoms with Gasteiger partial charge in [-0.05, 0) is 23.8 Å². The number of nitrogens with one attached hydrogen (secondary N) is 1. The van der Waals surface area contributed by atoms with Crippen molar-refractivity contribution in [1.82, 2.24) is 20.2 Å². The second-order valence-corrected chi connectivity index (χ2v) is 6.67. The van der Waals surface area contributed by atoms with Crippen LogP contribution in [-0.2, 0) is 17.8 Å². The minimum absolute atomic E-state index is 0.0698. The fourth-order valence-corrected chi connectivity index (χ4v) is 3.03. The lowest BCUT2D eigenvalue weighted by molar-refractivity contribution is -0.118. The molecule has 0 fully saturated rings. The highest BCUT2D eigenvalue weighted by Crippen LogP contribution is 2.16. The van der Waals surface area contributed by atoms with E-state index in [-0.39, 0.29) is 29.8 Å². The number of rotatable bonds is 7. The van der Waals surface area contributed by atoms with Crippen molar-refractivity contribution in [2.24, 2.45) is 0 Å². The van der Waals surface area contributed by atoms with E-state index in [0.29, 0.717) is 23.0 Å². The van der Waals surface area contributed by atoms with Gasteiger partial charge in [-0.2, -0.15) is 0 Å². The maximum Gasteiger partial charge on any atom is 0.230 e. The molecular formula is C18H17F2N5OS. The monoisotopic (exact) mass is 389 g/mol. The Morgan fingerprint density at radius 3 is 2.59 bits per heavy atom. The zero-order valence-corrected chi connectivity index (χ0v) is 15.0. The highest BCUT2D eigenvalue weighted by molar-refractivity contribution is 7.99. The van der Waals surface area contributed by atoms with Crippen LogP contribution in [0.1, 0.15) is 17.0 Å². The number of hydrogen-bond acceptors (Lipinski definition) is 5. The highest BCUT2D eigenvalue weighted by Gasteiger charge is 2.13. The average molecular weight is 389 g/mol. The number of nitrogens with zero attached hydrogens (tertiary/aromatic N) is 3. The molecule has 140 valence electrons. The molecule has 1 amide bonds. The maximum absolute atomic E-state index is 13.5. The van der Waals surface area contributed by atoms with E-state index in [0.717, 1.165) is 17.3 Å². The van der Waals surface area contributed by atoms with E-state index in [1.807, 2.05) is 0 Å². The Hall–Kier alpha value is -2.94. The third-order valence-electron chi connectivity index (χ3n) is 3.78. The van der Waals surface area contributed by atoms with E-state index in [4.69, 9.17) is 5.84 Å². The normalized spacial score (nSPS) is 10.7. The Balaban J connectivity index is 1.52. The van der Waals surface area contributed by atoms with Gasteiger partial charge in [0.2, 0.25) is 11.1 Å². The van der Waals surface area contributed by atoms with Gasteiger partial charge in [0.1, 0.15) is 11.6 Å². The van der Waals surface area contributed by atoms with Crippen LogP contribution in [-0.4, -0.2) is 26.5 Å². The smallest absolute Gasteiger partial charge is 0.230 e. The third-order valence-corrected chi connectivity index (χ3v) is 4.72. The van der Waals surface area contributed by atoms with E-state index in [1.165, 1.54) is 22.9 Å².